The number of hydrogen-bond acceptors (Lipinski definition) is 3. The Kier molecular flexibility index (Phi) is 4.55. The van der Waals surface area contributed by atoms with Gasteiger partial charge in [-0.25, -0.2) is 8.78 Å². The molecule has 5 heteroatoms. The third-order valence-electron chi connectivity index (χ3n) is 2.04. The van der Waals surface area contributed by atoms with Gasteiger partial charge in [-0.1, -0.05) is 0 Å². The fourth-order valence-corrected chi connectivity index (χ4v) is 1.27. The summed E-state index contributed by atoms with van der Waals surface area (Å²) in [6, 6.07) is 0. The van der Waals surface area contributed by atoms with Crippen molar-refractivity contribution in [3.63, 3.8) is 0 Å². The monoisotopic (exact) mass is 196 g/mol. The Morgan fingerprint density at radius 2 is 2.23 bits per heavy atom. The van der Waals surface area contributed by atoms with E-state index in [2.05, 4.69) is 4.74 Å². The summed E-state index contributed by atoms with van der Waals surface area (Å²) in [6.45, 7) is 0.499. The molecule has 1 rings (SSSR count). The van der Waals surface area contributed by atoms with E-state index in [4.69, 9.17) is 4.74 Å². The van der Waals surface area contributed by atoms with E-state index >= 15 is 0 Å². The van der Waals surface area contributed by atoms with Crippen LogP contribution in [0.2, 0.25) is 0 Å². The topological polar surface area (TPSA) is 38.7 Å². The molecular formula is C8H14F2O3. The molecule has 78 valence electrons. The maximum Gasteiger partial charge on any atom is 0.261 e. The maximum atomic E-state index is 11.6. The smallest absolute Gasteiger partial charge is 0.261 e. The van der Waals surface area contributed by atoms with Crippen LogP contribution in [-0.4, -0.2) is 44.1 Å². The molecule has 0 aliphatic carbocycles. The highest BCUT2D eigenvalue weighted by Gasteiger charge is 2.24. The molecule has 3 nitrogen and oxygen atoms in total. The van der Waals surface area contributed by atoms with E-state index in [0.29, 0.717) is 13.2 Å². The highest BCUT2D eigenvalue weighted by Crippen LogP contribution is 2.16. The van der Waals surface area contributed by atoms with Gasteiger partial charge in [-0.3, -0.25) is 0 Å². The summed E-state index contributed by atoms with van der Waals surface area (Å²) in [5.41, 5.74) is 0. The van der Waals surface area contributed by atoms with Crippen LogP contribution in [-0.2, 0) is 9.47 Å². The van der Waals surface area contributed by atoms with Crippen molar-refractivity contribution in [2.24, 2.45) is 5.92 Å². The summed E-state index contributed by atoms with van der Waals surface area (Å²) in [7, 11) is 0. The number of aliphatic hydroxyl groups excluding tert-OH is 1. The van der Waals surface area contributed by atoms with Crippen LogP contribution >= 0.6 is 0 Å². The molecule has 0 spiro atoms. The molecule has 13 heavy (non-hydrogen) atoms. The first-order valence-corrected chi connectivity index (χ1v) is 4.32. The second-order valence-electron chi connectivity index (χ2n) is 3.12. The SMILES string of the molecule is OC(COCC(F)F)C1CCOC1. The highest BCUT2D eigenvalue weighted by atomic mass is 19.3. The second kappa shape index (κ2) is 5.47. The van der Waals surface area contributed by atoms with E-state index in [1.54, 1.807) is 0 Å². The van der Waals surface area contributed by atoms with Crippen molar-refractivity contribution in [2.75, 3.05) is 26.4 Å². The summed E-state index contributed by atoms with van der Waals surface area (Å²) in [4.78, 5) is 0. The van der Waals surface area contributed by atoms with Crippen molar-refractivity contribution >= 4 is 0 Å². The summed E-state index contributed by atoms with van der Waals surface area (Å²) in [5, 5.41) is 9.41. The normalized spacial score (nSPS) is 25.4. The number of hydrogen-bond donors (Lipinski definition) is 1. The van der Waals surface area contributed by atoms with Gasteiger partial charge in [0.15, 0.2) is 0 Å². The van der Waals surface area contributed by atoms with Crippen LogP contribution in [0.1, 0.15) is 6.42 Å². The van der Waals surface area contributed by atoms with Gasteiger partial charge in [0.05, 0.1) is 19.3 Å². The Labute approximate surface area is 75.6 Å². The molecule has 1 aliphatic heterocycles. The number of halogens is 2. The highest BCUT2D eigenvalue weighted by molar-refractivity contribution is 4.72. The van der Waals surface area contributed by atoms with E-state index in [9.17, 15) is 13.9 Å². The van der Waals surface area contributed by atoms with Crippen molar-refractivity contribution in [1.82, 2.24) is 0 Å². The molecule has 0 aromatic rings. The fraction of sp³-hybridized carbons (Fsp3) is 1.00. The number of rotatable bonds is 5. The molecule has 1 saturated heterocycles. The molecule has 0 saturated carbocycles. The van der Waals surface area contributed by atoms with Crippen LogP contribution in [0.15, 0.2) is 0 Å². The van der Waals surface area contributed by atoms with Crippen LogP contribution < -0.4 is 0 Å². The predicted octanol–water partition coefficient (Wildman–Crippen LogP) is 0.665. The molecule has 0 aromatic heterocycles. The lowest BCUT2D eigenvalue weighted by atomic mass is 10.0. The van der Waals surface area contributed by atoms with Gasteiger partial charge in [0, 0.05) is 12.5 Å². The van der Waals surface area contributed by atoms with Gasteiger partial charge in [-0.15, -0.1) is 0 Å². The molecule has 0 bridgehead atoms. The Bertz CT molecular complexity index is 137. The van der Waals surface area contributed by atoms with Crippen LogP contribution in [0.5, 0.6) is 0 Å². The van der Waals surface area contributed by atoms with E-state index in [1.807, 2.05) is 0 Å². The first-order chi connectivity index (χ1) is 6.20. The van der Waals surface area contributed by atoms with Crippen molar-refractivity contribution in [1.29, 1.82) is 0 Å². The van der Waals surface area contributed by atoms with E-state index in [-0.39, 0.29) is 12.5 Å². The summed E-state index contributed by atoms with van der Waals surface area (Å²) in [6.07, 6.45) is -2.37. The zero-order chi connectivity index (χ0) is 9.68. The number of alkyl halides is 2. The number of ether oxygens (including phenoxy) is 2. The lowest BCUT2D eigenvalue weighted by Gasteiger charge is -2.15. The van der Waals surface area contributed by atoms with Crippen molar-refractivity contribution in [3.05, 3.63) is 0 Å². The molecular weight excluding hydrogens is 182 g/mol. The first kappa shape index (κ1) is 10.8. The average Bonchev–Trinajstić information content (AvgIpc) is 2.55. The molecule has 2 unspecified atom stereocenters. The molecule has 0 radical (unpaired) electrons. The van der Waals surface area contributed by atoms with Crippen molar-refractivity contribution < 1.29 is 23.4 Å². The van der Waals surface area contributed by atoms with E-state index in [0.717, 1.165) is 6.42 Å². The Hall–Kier alpha value is -0.260. The molecule has 1 aliphatic rings. The van der Waals surface area contributed by atoms with Crippen LogP contribution in [0, 0.1) is 5.92 Å². The summed E-state index contributed by atoms with van der Waals surface area (Å²) < 4.78 is 32.9. The Morgan fingerprint density at radius 3 is 2.77 bits per heavy atom. The Morgan fingerprint density at radius 1 is 1.46 bits per heavy atom. The van der Waals surface area contributed by atoms with Crippen molar-refractivity contribution in [3.8, 4) is 0 Å². The minimum atomic E-state index is -2.47. The fourth-order valence-electron chi connectivity index (χ4n) is 1.27. The van der Waals surface area contributed by atoms with E-state index < -0.39 is 19.1 Å². The molecule has 1 fully saturated rings. The van der Waals surface area contributed by atoms with Gasteiger partial charge in [0.2, 0.25) is 0 Å². The minimum absolute atomic E-state index is 0.0294. The molecule has 1 heterocycles. The zero-order valence-electron chi connectivity index (χ0n) is 7.29. The molecule has 0 amide bonds. The lowest BCUT2D eigenvalue weighted by Crippen LogP contribution is -2.27. The zero-order valence-corrected chi connectivity index (χ0v) is 7.29. The van der Waals surface area contributed by atoms with E-state index in [1.165, 1.54) is 0 Å². The van der Waals surface area contributed by atoms with Gasteiger partial charge in [-0.05, 0) is 6.42 Å². The van der Waals surface area contributed by atoms with Crippen LogP contribution in [0.4, 0.5) is 8.78 Å². The summed E-state index contributed by atoms with van der Waals surface area (Å²) >= 11 is 0. The quantitative estimate of drug-likeness (QED) is 0.702. The van der Waals surface area contributed by atoms with Gasteiger partial charge in [0.25, 0.3) is 6.43 Å². The second-order valence-corrected chi connectivity index (χ2v) is 3.12. The van der Waals surface area contributed by atoms with Gasteiger partial charge >= 0.3 is 0 Å². The van der Waals surface area contributed by atoms with Crippen LogP contribution in [0.3, 0.4) is 0 Å². The van der Waals surface area contributed by atoms with Crippen LogP contribution in [0.25, 0.3) is 0 Å². The maximum absolute atomic E-state index is 11.6. The Balaban J connectivity index is 2.06. The van der Waals surface area contributed by atoms with Gasteiger partial charge in [-0.2, -0.15) is 0 Å². The van der Waals surface area contributed by atoms with Gasteiger partial charge < -0.3 is 14.6 Å². The number of aliphatic hydroxyl groups is 1. The molecule has 2 atom stereocenters. The molecule has 1 N–H and O–H groups in total. The summed E-state index contributed by atoms with van der Waals surface area (Å²) in [5.74, 6) is 0.0395. The standard InChI is InChI=1S/C8H14F2O3/c9-8(10)5-13-4-7(11)6-1-2-12-3-6/h6-8,11H,1-5H2. The molecule has 0 aromatic carbocycles. The minimum Gasteiger partial charge on any atom is -0.390 e. The lowest BCUT2D eigenvalue weighted by molar-refractivity contribution is -0.0368. The first-order valence-electron chi connectivity index (χ1n) is 4.32. The third kappa shape index (κ3) is 3.97. The average molecular weight is 196 g/mol. The largest absolute Gasteiger partial charge is 0.390 e. The van der Waals surface area contributed by atoms with Gasteiger partial charge in [0.1, 0.15) is 6.61 Å². The third-order valence-corrected chi connectivity index (χ3v) is 2.04. The predicted molar refractivity (Wildman–Crippen MR) is 41.8 cm³/mol. The van der Waals surface area contributed by atoms with Crippen molar-refractivity contribution in [2.45, 2.75) is 19.0 Å².